The first-order valence-electron chi connectivity index (χ1n) is 10.1. The lowest BCUT2D eigenvalue weighted by atomic mass is 9.42. The van der Waals surface area contributed by atoms with Gasteiger partial charge in [-0.25, -0.2) is 0 Å². The van der Waals surface area contributed by atoms with Crippen LogP contribution in [0.25, 0.3) is 0 Å². The average Bonchev–Trinajstić information content (AvgIpc) is 3.26. The SMILES string of the molecule is COC(=O)[C@]1(C)CCC[C@@]2(C)[C@H]1CC[C@]1(O)C[C@@]3(C(C)C)O[C@H]3C[C@@H]12. The molecule has 25 heavy (non-hydrogen) atoms. The molecule has 0 spiro atoms. The summed E-state index contributed by atoms with van der Waals surface area (Å²) >= 11 is 0. The first kappa shape index (κ1) is 17.8. The number of carbonyl (C=O) groups is 1. The van der Waals surface area contributed by atoms with Crippen LogP contribution in [0.15, 0.2) is 0 Å². The normalized spacial score (nSPS) is 54.3. The van der Waals surface area contributed by atoms with Crippen molar-refractivity contribution in [3.8, 4) is 0 Å². The van der Waals surface area contributed by atoms with Gasteiger partial charge in [0.25, 0.3) is 0 Å². The number of fused-ring (bicyclic) bond motifs is 4. The van der Waals surface area contributed by atoms with Crippen molar-refractivity contribution < 1.29 is 19.4 Å². The van der Waals surface area contributed by atoms with Crippen LogP contribution in [0.5, 0.6) is 0 Å². The Bertz CT molecular complexity index is 588. The molecule has 4 rings (SSSR count). The van der Waals surface area contributed by atoms with Gasteiger partial charge in [-0.2, -0.15) is 0 Å². The van der Waals surface area contributed by atoms with Gasteiger partial charge in [0.15, 0.2) is 0 Å². The predicted molar refractivity (Wildman–Crippen MR) is 94.9 cm³/mol. The summed E-state index contributed by atoms with van der Waals surface area (Å²) in [7, 11) is 1.51. The molecule has 4 heteroatoms. The fourth-order valence-electron chi connectivity index (χ4n) is 7.38. The zero-order valence-electron chi connectivity index (χ0n) is 16.4. The third-order valence-corrected chi connectivity index (χ3v) is 8.80. The Morgan fingerprint density at radius 3 is 2.56 bits per heavy atom. The van der Waals surface area contributed by atoms with Crippen LogP contribution in [0, 0.1) is 28.6 Å². The minimum Gasteiger partial charge on any atom is -0.469 e. The van der Waals surface area contributed by atoms with Gasteiger partial charge in [0.1, 0.15) is 0 Å². The van der Waals surface area contributed by atoms with Crippen molar-refractivity contribution >= 4 is 5.97 Å². The van der Waals surface area contributed by atoms with Gasteiger partial charge in [-0.15, -0.1) is 0 Å². The molecule has 0 amide bonds. The molecular formula is C21H34O4. The highest BCUT2D eigenvalue weighted by Crippen LogP contribution is 2.69. The van der Waals surface area contributed by atoms with Crippen LogP contribution in [0.3, 0.4) is 0 Å². The number of epoxide rings is 1. The molecule has 0 unspecified atom stereocenters. The smallest absolute Gasteiger partial charge is 0.311 e. The topological polar surface area (TPSA) is 59.1 Å². The molecule has 0 aromatic carbocycles. The number of hydrogen-bond acceptors (Lipinski definition) is 4. The van der Waals surface area contributed by atoms with E-state index < -0.39 is 11.0 Å². The van der Waals surface area contributed by atoms with Crippen molar-refractivity contribution in [1.29, 1.82) is 0 Å². The minimum atomic E-state index is -0.642. The molecule has 0 aromatic rings. The standard InChI is InChI=1S/C21H34O4/c1-13(2)21-12-20(23)10-7-14-18(3,15(20)11-16(21)25-21)8-6-9-19(14,4)17(22)24-5/h13-16,23H,6-12H2,1-5H3/t14-,15-,16+,18+,19-,20+,21+/m1/s1. The monoisotopic (exact) mass is 350 g/mol. The molecule has 1 N–H and O–H groups in total. The lowest BCUT2D eigenvalue weighted by molar-refractivity contribution is -0.205. The zero-order valence-corrected chi connectivity index (χ0v) is 16.4. The quantitative estimate of drug-likeness (QED) is 0.609. The number of carbonyl (C=O) groups excluding carboxylic acids is 1. The van der Waals surface area contributed by atoms with Gasteiger partial charge in [-0.3, -0.25) is 4.79 Å². The fourth-order valence-corrected chi connectivity index (χ4v) is 7.38. The molecule has 4 nitrogen and oxygen atoms in total. The lowest BCUT2D eigenvalue weighted by Gasteiger charge is -2.62. The molecule has 0 bridgehead atoms. The maximum Gasteiger partial charge on any atom is 0.311 e. The Kier molecular flexibility index (Phi) is 3.71. The molecule has 0 radical (unpaired) electrons. The molecule has 4 fully saturated rings. The molecule has 1 aliphatic heterocycles. The van der Waals surface area contributed by atoms with E-state index in [0.29, 0.717) is 12.0 Å². The number of methoxy groups -OCH3 is 1. The highest BCUT2D eigenvalue weighted by molar-refractivity contribution is 5.77. The molecule has 3 aliphatic carbocycles. The molecule has 142 valence electrons. The zero-order chi connectivity index (χ0) is 18.3. The second-order valence-electron chi connectivity index (χ2n) is 10.1. The van der Waals surface area contributed by atoms with Gasteiger partial charge < -0.3 is 14.6 Å². The van der Waals surface area contributed by atoms with Crippen molar-refractivity contribution in [2.45, 2.75) is 89.9 Å². The van der Waals surface area contributed by atoms with Gasteiger partial charge >= 0.3 is 5.97 Å². The maximum atomic E-state index is 12.6. The largest absolute Gasteiger partial charge is 0.469 e. The van der Waals surface area contributed by atoms with E-state index >= 15 is 0 Å². The first-order valence-corrected chi connectivity index (χ1v) is 10.1. The third kappa shape index (κ3) is 2.16. The van der Waals surface area contributed by atoms with E-state index in [4.69, 9.17) is 9.47 Å². The summed E-state index contributed by atoms with van der Waals surface area (Å²) in [6, 6.07) is 0. The van der Waals surface area contributed by atoms with E-state index in [0.717, 1.165) is 44.9 Å². The van der Waals surface area contributed by atoms with Crippen LogP contribution in [-0.2, 0) is 14.3 Å². The van der Waals surface area contributed by atoms with Crippen molar-refractivity contribution in [2.24, 2.45) is 28.6 Å². The Morgan fingerprint density at radius 1 is 1.20 bits per heavy atom. The number of rotatable bonds is 2. The van der Waals surface area contributed by atoms with Crippen LogP contribution in [0.2, 0.25) is 0 Å². The summed E-state index contributed by atoms with van der Waals surface area (Å²) in [5.41, 5.74) is -1.17. The summed E-state index contributed by atoms with van der Waals surface area (Å²) in [4.78, 5) is 12.6. The fraction of sp³-hybridized carbons (Fsp3) is 0.952. The number of esters is 1. The van der Waals surface area contributed by atoms with E-state index in [1.807, 2.05) is 0 Å². The lowest BCUT2D eigenvalue weighted by Crippen LogP contribution is -2.63. The van der Waals surface area contributed by atoms with E-state index in [1.165, 1.54) is 7.11 Å². The molecule has 7 atom stereocenters. The van der Waals surface area contributed by atoms with E-state index in [1.54, 1.807) is 0 Å². The van der Waals surface area contributed by atoms with E-state index in [2.05, 4.69) is 27.7 Å². The summed E-state index contributed by atoms with van der Waals surface area (Å²) in [6.07, 6.45) is 6.73. The minimum absolute atomic E-state index is 0.0106. The Balaban J connectivity index is 1.68. The number of aliphatic hydroxyl groups is 1. The highest BCUT2D eigenvalue weighted by Gasteiger charge is 2.72. The molecular weight excluding hydrogens is 316 g/mol. The van der Waals surface area contributed by atoms with Crippen molar-refractivity contribution in [1.82, 2.24) is 0 Å². The molecule has 1 saturated heterocycles. The molecule has 3 saturated carbocycles. The summed E-state index contributed by atoms with van der Waals surface area (Å²) in [6.45, 7) is 8.86. The van der Waals surface area contributed by atoms with Gasteiger partial charge in [0.2, 0.25) is 0 Å². The van der Waals surface area contributed by atoms with Crippen LogP contribution in [-0.4, -0.2) is 35.5 Å². The van der Waals surface area contributed by atoms with Gasteiger partial charge in [-0.05, 0) is 62.2 Å². The highest BCUT2D eigenvalue weighted by atomic mass is 16.6. The molecule has 1 heterocycles. The summed E-state index contributed by atoms with van der Waals surface area (Å²) in [5.74, 6) is 0.891. The average molecular weight is 350 g/mol. The van der Waals surface area contributed by atoms with Crippen LogP contribution < -0.4 is 0 Å². The Labute approximate surface area is 151 Å². The number of ether oxygens (including phenoxy) is 2. The van der Waals surface area contributed by atoms with Crippen molar-refractivity contribution in [3.63, 3.8) is 0 Å². The molecule has 4 aliphatic rings. The van der Waals surface area contributed by atoms with Crippen molar-refractivity contribution in [3.05, 3.63) is 0 Å². The van der Waals surface area contributed by atoms with Crippen LogP contribution >= 0.6 is 0 Å². The molecule has 0 aromatic heterocycles. The predicted octanol–water partition coefficient (Wildman–Crippen LogP) is 3.70. The van der Waals surface area contributed by atoms with Gasteiger partial charge in [0.05, 0.1) is 29.8 Å². The Morgan fingerprint density at radius 2 is 1.92 bits per heavy atom. The summed E-state index contributed by atoms with van der Waals surface area (Å²) < 4.78 is 11.4. The van der Waals surface area contributed by atoms with Gasteiger partial charge in [0, 0.05) is 6.42 Å². The maximum absolute atomic E-state index is 12.6. The van der Waals surface area contributed by atoms with Gasteiger partial charge in [-0.1, -0.05) is 27.2 Å². The summed E-state index contributed by atoms with van der Waals surface area (Å²) in [5, 5.41) is 11.7. The first-order chi connectivity index (χ1) is 11.6. The van der Waals surface area contributed by atoms with Crippen molar-refractivity contribution in [2.75, 3.05) is 7.11 Å². The van der Waals surface area contributed by atoms with Crippen LogP contribution in [0.4, 0.5) is 0 Å². The van der Waals surface area contributed by atoms with Crippen LogP contribution in [0.1, 0.15) is 72.6 Å². The van der Waals surface area contributed by atoms with E-state index in [9.17, 15) is 9.90 Å². The Hall–Kier alpha value is -0.610. The second-order valence-corrected chi connectivity index (χ2v) is 10.1. The second kappa shape index (κ2) is 5.22. The third-order valence-electron chi connectivity index (χ3n) is 8.80. The number of hydrogen-bond donors (Lipinski definition) is 1. The van der Waals surface area contributed by atoms with E-state index in [-0.39, 0.29) is 28.8 Å².